The van der Waals surface area contributed by atoms with Crippen molar-refractivity contribution in [1.82, 2.24) is 9.80 Å². The zero-order valence-corrected chi connectivity index (χ0v) is 26.6. The Morgan fingerprint density at radius 3 is 2.22 bits per heavy atom. The third kappa shape index (κ3) is 4.88. The predicted octanol–water partition coefficient (Wildman–Crippen LogP) is 3.78. The number of hydrogen-bond donors (Lipinski definition) is 1. The van der Waals surface area contributed by atoms with Crippen molar-refractivity contribution in [1.29, 1.82) is 0 Å². The molecule has 4 aliphatic rings. The Kier molecular flexibility index (Phi) is 8.35. The van der Waals surface area contributed by atoms with Crippen LogP contribution in [0.3, 0.4) is 0 Å². The number of aliphatic hydroxyl groups is 1. The second-order valence-electron chi connectivity index (χ2n) is 12.5. The lowest BCUT2D eigenvalue weighted by Gasteiger charge is -2.40. The summed E-state index contributed by atoms with van der Waals surface area (Å²) in [5.74, 6) is -2.52. The third-order valence-electron chi connectivity index (χ3n) is 10.2. The van der Waals surface area contributed by atoms with E-state index in [2.05, 4.69) is 18.7 Å². The summed E-state index contributed by atoms with van der Waals surface area (Å²) in [5.41, 5.74) is 0.354. The average Bonchev–Trinajstić information content (AvgIpc) is 3.37. The molecule has 3 amide bonds. The highest BCUT2D eigenvalue weighted by molar-refractivity contribution is 6.06. The summed E-state index contributed by atoms with van der Waals surface area (Å²) >= 11 is 0. The van der Waals surface area contributed by atoms with Gasteiger partial charge in [-0.15, -0.1) is 0 Å². The molecule has 4 heterocycles. The first-order chi connectivity index (χ1) is 21.7. The third-order valence-corrected chi connectivity index (χ3v) is 10.2. The van der Waals surface area contributed by atoms with Crippen LogP contribution in [0.15, 0.2) is 78.9 Å². The van der Waals surface area contributed by atoms with Crippen LogP contribution in [-0.4, -0.2) is 88.7 Å². The highest BCUT2D eigenvalue weighted by Crippen LogP contribution is 2.59. The number of rotatable bonds is 9. The molecule has 0 saturated carbocycles. The Hall–Kier alpha value is -3.95. The molecule has 0 bridgehead atoms. The van der Waals surface area contributed by atoms with Crippen molar-refractivity contribution in [2.24, 2.45) is 11.8 Å². The molecule has 2 fully saturated rings. The van der Waals surface area contributed by atoms with Crippen molar-refractivity contribution in [3.8, 4) is 0 Å². The van der Waals surface area contributed by atoms with Gasteiger partial charge in [-0.05, 0) is 57.0 Å². The van der Waals surface area contributed by atoms with E-state index in [1.165, 1.54) is 4.90 Å². The van der Waals surface area contributed by atoms with Gasteiger partial charge in [-0.25, -0.2) is 0 Å². The van der Waals surface area contributed by atoms with Crippen LogP contribution >= 0.6 is 0 Å². The minimum absolute atomic E-state index is 0.160. The molecule has 9 nitrogen and oxygen atoms in total. The van der Waals surface area contributed by atoms with Crippen LogP contribution in [0, 0.1) is 11.8 Å². The van der Waals surface area contributed by atoms with E-state index in [4.69, 9.17) is 4.74 Å². The van der Waals surface area contributed by atoms with Gasteiger partial charge in [0.25, 0.3) is 5.91 Å². The van der Waals surface area contributed by atoms with Crippen LogP contribution in [0.25, 0.3) is 0 Å². The summed E-state index contributed by atoms with van der Waals surface area (Å²) in [4.78, 5) is 51.1. The number of anilines is 2. The van der Waals surface area contributed by atoms with Gasteiger partial charge in [-0.1, -0.05) is 61.6 Å². The summed E-state index contributed by atoms with van der Waals surface area (Å²) in [6.45, 7) is 10.4. The van der Waals surface area contributed by atoms with Crippen LogP contribution in [0.1, 0.15) is 39.7 Å². The van der Waals surface area contributed by atoms with Gasteiger partial charge in [0.15, 0.2) is 0 Å². The Labute approximate surface area is 265 Å². The maximum atomic E-state index is 14.7. The Morgan fingerprint density at radius 2 is 1.58 bits per heavy atom. The summed E-state index contributed by atoms with van der Waals surface area (Å²) < 4.78 is 7.06. The van der Waals surface area contributed by atoms with Gasteiger partial charge in [-0.2, -0.15) is 0 Å². The molecule has 6 rings (SSSR count). The number of aliphatic hydroxyl groups excluding tert-OH is 1. The molecule has 9 heteroatoms. The minimum atomic E-state index is -1.37. The topological polar surface area (TPSA) is 93.6 Å². The van der Waals surface area contributed by atoms with Gasteiger partial charge in [-0.3, -0.25) is 14.4 Å². The zero-order valence-electron chi connectivity index (χ0n) is 26.6. The fourth-order valence-electron chi connectivity index (χ4n) is 7.92. The maximum Gasteiger partial charge on any atom is 0.253 e. The van der Waals surface area contributed by atoms with Crippen molar-refractivity contribution in [2.45, 2.75) is 63.9 Å². The van der Waals surface area contributed by atoms with E-state index < -0.39 is 35.1 Å². The van der Waals surface area contributed by atoms with Crippen LogP contribution in [0.5, 0.6) is 0 Å². The maximum absolute atomic E-state index is 14.7. The van der Waals surface area contributed by atoms with E-state index in [0.717, 1.165) is 24.3 Å². The monoisotopic (exact) mass is 612 g/mol. The highest BCUT2D eigenvalue weighted by Gasteiger charge is 2.75. The molecule has 1 spiro atoms. The van der Waals surface area contributed by atoms with E-state index in [9.17, 15) is 19.5 Å². The second-order valence-corrected chi connectivity index (χ2v) is 12.5. The molecule has 2 aromatic carbocycles. The average molecular weight is 613 g/mol. The molecular weight excluding hydrogens is 568 g/mol. The van der Waals surface area contributed by atoms with Crippen molar-refractivity contribution < 1.29 is 24.2 Å². The van der Waals surface area contributed by atoms with Gasteiger partial charge in [0.05, 0.1) is 30.1 Å². The number of ether oxygens (including phenoxy) is 1. The number of carbonyl (C=O) groups is 3. The van der Waals surface area contributed by atoms with Crippen molar-refractivity contribution in [2.75, 3.05) is 42.6 Å². The van der Waals surface area contributed by atoms with Gasteiger partial charge in [0, 0.05) is 44.1 Å². The second kappa shape index (κ2) is 12.1. The molecule has 1 unspecified atom stereocenters. The van der Waals surface area contributed by atoms with E-state index in [-0.39, 0.29) is 24.3 Å². The number of nitrogens with zero attached hydrogens (tertiary/aromatic N) is 4. The SMILES string of the molecule is CCN(CC)c1ccc(N2CC=C[C@]34O[C@@]5(CC)C=CCN(Cc6ccccc6)C(=O)[C@H]5[C@H]3C(=O)N([C@H](C)CO)C4C2=O)cc1. The summed E-state index contributed by atoms with van der Waals surface area (Å²) in [6.07, 6.45) is 8.13. The number of fused-ring (bicyclic) bond motifs is 2. The number of carbonyl (C=O) groups excluding carboxylic acids is 3. The van der Waals surface area contributed by atoms with Crippen molar-refractivity contribution >= 4 is 29.1 Å². The lowest BCUT2D eigenvalue weighted by molar-refractivity contribution is -0.152. The number of hydrogen-bond acceptors (Lipinski definition) is 6. The smallest absolute Gasteiger partial charge is 0.253 e. The number of amides is 3. The molecule has 0 aliphatic carbocycles. The molecule has 45 heavy (non-hydrogen) atoms. The van der Waals surface area contributed by atoms with Gasteiger partial charge in [0.2, 0.25) is 11.8 Å². The lowest BCUT2D eigenvalue weighted by Crippen LogP contribution is -2.58. The molecule has 0 radical (unpaired) electrons. The summed E-state index contributed by atoms with van der Waals surface area (Å²) in [7, 11) is 0. The minimum Gasteiger partial charge on any atom is -0.394 e. The molecule has 2 aromatic rings. The normalized spacial score (nSPS) is 29.8. The molecule has 6 atom stereocenters. The Morgan fingerprint density at radius 1 is 0.889 bits per heavy atom. The summed E-state index contributed by atoms with van der Waals surface area (Å²) in [6, 6.07) is 16.0. The Bertz CT molecular complexity index is 1490. The van der Waals surface area contributed by atoms with E-state index in [1.807, 2.05) is 85.8 Å². The molecule has 238 valence electrons. The number of benzene rings is 2. The van der Waals surface area contributed by atoms with Crippen LogP contribution in [0.2, 0.25) is 0 Å². The van der Waals surface area contributed by atoms with Crippen molar-refractivity contribution in [3.63, 3.8) is 0 Å². The van der Waals surface area contributed by atoms with Crippen molar-refractivity contribution in [3.05, 3.63) is 84.5 Å². The molecular formula is C36H44N4O5. The lowest BCUT2D eigenvalue weighted by atomic mass is 9.73. The van der Waals surface area contributed by atoms with Crippen LogP contribution < -0.4 is 9.80 Å². The molecule has 1 N–H and O–H groups in total. The Balaban J connectivity index is 1.42. The predicted molar refractivity (Wildman–Crippen MR) is 173 cm³/mol. The van der Waals surface area contributed by atoms with E-state index in [0.29, 0.717) is 31.7 Å². The van der Waals surface area contributed by atoms with Gasteiger partial charge >= 0.3 is 0 Å². The van der Waals surface area contributed by atoms with Crippen LogP contribution in [-0.2, 0) is 25.7 Å². The standard InChI is InChI=1S/C36H44N4O5/c1-5-35-19-11-21-38(23-26-13-9-8-10-14-26)32(42)29(35)30-33(43)40(25(4)24-41)31-34(44)39(22-12-20-36(30,31)45-35)28-17-15-27(16-18-28)37(6-2)7-3/h8-20,25,29-31,41H,5-7,21-24H2,1-4H3/t25-,29-,30+,31?,35+,36+/m1/s1. The molecule has 4 aliphatic heterocycles. The van der Waals surface area contributed by atoms with Gasteiger partial charge in [0.1, 0.15) is 11.6 Å². The first kappa shape index (κ1) is 31.0. The van der Waals surface area contributed by atoms with E-state index in [1.54, 1.807) is 16.7 Å². The number of likely N-dealkylation sites (tertiary alicyclic amines) is 1. The largest absolute Gasteiger partial charge is 0.394 e. The first-order valence-electron chi connectivity index (χ1n) is 16.2. The highest BCUT2D eigenvalue weighted by atomic mass is 16.5. The van der Waals surface area contributed by atoms with Gasteiger partial charge < -0.3 is 29.4 Å². The summed E-state index contributed by atoms with van der Waals surface area (Å²) in [5, 5.41) is 10.3. The molecule has 2 saturated heterocycles. The quantitative estimate of drug-likeness (QED) is 0.434. The zero-order chi connectivity index (χ0) is 31.9. The fraction of sp³-hybridized carbons (Fsp3) is 0.472. The molecule has 0 aromatic heterocycles. The first-order valence-corrected chi connectivity index (χ1v) is 16.2. The van der Waals surface area contributed by atoms with E-state index >= 15 is 0 Å². The fourth-order valence-corrected chi connectivity index (χ4v) is 7.92. The van der Waals surface area contributed by atoms with Crippen LogP contribution in [0.4, 0.5) is 11.4 Å².